The Labute approximate surface area is 119 Å². The zero-order valence-corrected chi connectivity index (χ0v) is 12.0. The fraction of sp³-hybridized carbons (Fsp3) is 0.286. The molecule has 0 amide bonds. The van der Waals surface area contributed by atoms with Gasteiger partial charge in [0, 0.05) is 25.5 Å². The minimum absolute atomic E-state index is 0.283. The normalized spacial score (nSPS) is 11.9. The van der Waals surface area contributed by atoms with E-state index in [9.17, 15) is 8.42 Å². The van der Waals surface area contributed by atoms with Crippen molar-refractivity contribution in [2.24, 2.45) is 5.73 Å². The van der Waals surface area contributed by atoms with Crippen LogP contribution in [0.25, 0.3) is 0 Å². The maximum Gasteiger partial charge on any atom is 0.244 e. The monoisotopic (exact) mass is 293 g/mol. The molecule has 0 aliphatic rings. The highest BCUT2D eigenvalue weighted by Crippen LogP contribution is 2.18. The fourth-order valence-electron chi connectivity index (χ4n) is 1.96. The van der Waals surface area contributed by atoms with Crippen molar-refractivity contribution < 1.29 is 8.42 Å². The Hall–Kier alpha value is -1.63. The number of aromatic amines is 1. The summed E-state index contributed by atoms with van der Waals surface area (Å²) in [5.41, 5.74) is 6.47. The van der Waals surface area contributed by atoms with Gasteiger partial charge in [0.15, 0.2) is 0 Å². The molecule has 0 spiro atoms. The van der Waals surface area contributed by atoms with E-state index in [4.69, 9.17) is 5.73 Å². The van der Waals surface area contributed by atoms with Crippen LogP contribution in [0.1, 0.15) is 12.0 Å². The summed E-state index contributed by atoms with van der Waals surface area (Å²) in [5, 5.41) is 0. The molecule has 5 nitrogen and oxygen atoms in total. The van der Waals surface area contributed by atoms with Crippen molar-refractivity contribution in [1.29, 1.82) is 0 Å². The van der Waals surface area contributed by atoms with Gasteiger partial charge < -0.3 is 10.7 Å². The van der Waals surface area contributed by atoms with Gasteiger partial charge in [0.2, 0.25) is 10.0 Å². The van der Waals surface area contributed by atoms with E-state index in [1.54, 1.807) is 12.3 Å². The molecule has 0 radical (unpaired) electrons. The molecule has 0 fully saturated rings. The molecule has 6 heteroatoms. The summed E-state index contributed by atoms with van der Waals surface area (Å²) in [5.74, 6) is 0. The van der Waals surface area contributed by atoms with E-state index in [1.165, 1.54) is 10.5 Å². The maximum absolute atomic E-state index is 12.6. The van der Waals surface area contributed by atoms with Crippen LogP contribution in [0.2, 0.25) is 0 Å². The number of nitrogens with two attached hydrogens (primary N) is 1. The summed E-state index contributed by atoms with van der Waals surface area (Å²) < 4.78 is 26.6. The standard InChI is InChI=1S/C14H19N3O2S/c15-8-4-10-17(12-13-5-2-1-3-6-13)20(18,19)14-7-9-16-11-14/h1-3,5-7,9,11,16H,4,8,10,12,15H2. The van der Waals surface area contributed by atoms with E-state index >= 15 is 0 Å². The van der Waals surface area contributed by atoms with Crippen molar-refractivity contribution in [3.05, 3.63) is 54.4 Å². The van der Waals surface area contributed by atoms with Gasteiger partial charge in [-0.2, -0.15) is 4.31 Å². The van der Waals surface area contributed by atoms with Crippen LogP contribution in [-0.4, -0.2) is 30.8 Å². The molecule has 0 saturated heterocycles. The SMILES string of the molecule is NCCCN(Cc1ccccc1)S(=O)(=O)c1cc[nH]c1. The third-order valence-corrected chi connectivity index (χ3v) is 4.86. The van der Waals surface area contributed by atoms with Crippen LogP contribution in [0.3, 0.4) is 0 Å². The van der Waals surface area contributed by atoms with Gasteiger partial charge in [0.1, 0.15) is 0 Å². The number of nitrogens with one attached hydrogen (secondary N) is 1. The maximum atomic E-state index is 12.6. The molecule has 20 heavy (non-hydrogen) atoms. The Morgan fingerprint density at radius 2 is 1.90 bits per heavy atom. The second-order valence-electron chi connectivity index (χ2n) is 4.51. The smallest absolute Gasteiger partial charge is 0.244 e. The molecule has 3 N–H and O–H groups in total. The molecule has 1 heterocycles. The van der Waals surface area contributed by atoms with Crippen LogP contribution in [0.4, 0.5) is 0 Å². The van der Waals surface area contributed by atoms with Crippen LogP contribution in [0.15, 0.2) is 53.7 Å². The van der Waals surface area contributed by atoms with E-state index in [2.05, 4.69) is 4.98 Å². The average molecular weight is 293 g/mol. The highest BCUT2D eigenvalue weighted by molar-refractivity contribution is 7.89. The Bertz CT molecular complexity index is 609. The molecule has 108 valence electrons. The molecule has 0 unspecified atom stereocenters. The summed E-state index contributed by atoms with van der Waals surface area (Å²) in [4.78, 5) is 3.06. The molecule has 0 aliphatic carbocycles. The van der Waals surface area contributed by atoms with Gasteiger partial charge in [-0.05, 0) is 24.6 Å². The summed E-state index contributed by atoms with van der Waals surface area (Å²) in [7, 11) is -3.48. The van der Waals surface area contributed by atoms with Crippen LogP contribution in [-0.2, 0) is 16.6 Å². The average Bonchev–Trinajstić information content (AvgIpc) is 2.99. The predicted molar refractivity (Wildman–Crippen MR) is 78.5 cm³/mol. The molecule has 0 saturated carbocycles. The predicted octanol–water partition coefficient (Wildman–Crippen LogP) is 1.55. The second kappa shape index (κ2) is 6.69. The quantitative estimate of drug-likeness (QED) is 0.813. The first-order chi connectivity index (χ1) is 9.64. The molecule has 0 bridgehead atoms. The van der Waals surface area contributed by atoms with E-state index < -0.39 is 10.0 Å². The van der Waals surface area contributed by atoms with Gasteiger partial charge in [-0.25, -0.2) is 8.42 Å². The molecule has 0 atom stereocenters. The van der Waals surface area contributed by atoms with Crippen molar-refractivity contribution in [3.8, 4) is 0 Å². The number of hydrogen-bond acceptors (Lipinski definition) is 3. The zero-order valence-electron chi connectivity index (χ0n) is 11.2. The van der Waals surface area contributed by atoms with Gasteiger partial charge in [0.25, 0.3) is 0 Å². The lowest BCUT2D eigenvalue weighted by atomic mass is 10.2. The van der Waals surface area contributed by atoms with Crippen molar-refractivity contribution in [3.63, 3.8) is 0 Å². The van der Waals surface area contributed by atoms with Gasteiger partial charge in [-0.3, -0.25) is 0 Å². The van der Waals surface area contributed by atoms with E-state index in [1.807, 2.05) is 30.3 Å². The number of benzene rings is 1. The lowest BCUT2D eigenvalue weighted by Gasteiger charge is -2.21. The third-order valence-electron chi connectivity index (χ3n) is 3.02. The van der Waals surface area contributed by atoms with Crippen molar-refractivity contribution in [2.45, 2.75) is 17.9 Å². The fourth-order valence-corrected chi connectivity index (χ4v) is 3.40. The van der Waals surface area contributed by atoms with Gasteiger partial charge in [0.05, 0.1) is 4.90 Å². The minimum atomic E-state index is -3.48. The summed E-state index contributed by atoms with van der Waals surface area (Å²) >= 11 is 0. The van der Waals surface area contributed by atoms with Crippen molar-refractivity contribution in [2.75, 3.05) is 13.1 Å². The van der Waals surface area contributed by atoms with Crippen molar-refractivity contribution in [1.82, 2.24) is 9.29 Å². The van der Waals surface area contributed by atoms with E-state index in [0.717, 1.165) is 5.56 Å². The van der Waals surface area contributed by atoms with Crippen LogP contribution in [0.5, 0.6) is 0 Å². The molecule has 1 aromatic carbocycles. The number of nitrogens with zero attached hydrogens (tertiary/aromatic N) is 1. The summed E-state index contributed by atoms with van der Waals surface area (Å²) in [6.07, 6.45) is 3.74. The highest BCUT2D eigenvalue weighted by Gasteiger charge is 2.24. The Balaban J connectivity index is 2.23. The first-order valence-electron chi connectivity index (χ1n) is 6.51. The number of aromatic nitrogens is 1. The highest BCUT2D eigenvalue weighted by atomic mass is 32.2. The first-order valence-corrected chi connectivity index (χ1v) is 7.95. The minimum Gasteiger partial charge on any atom is -0.366 e. The molecule has 2 rings (SSSR count). The largest absolute Gasteiger partial charge is 0.366 e. The van der Waals surface area contributed by atoms with E-state index in [0.29, 0.717) is 26.1 Å². The van der Waals surface area contributed by atoms with E-state index in [-0.39, 0.29) is 4.90 Å². The lowest BCUT2D eigenvalue weighted by molar-refractivity contribution is 0.402. The third kappa shape index (κ3) is 3.47. The number of rotatable bonds is 7. The van der Waals surface area contributed by atoms with Gasteiger partial charge >= 0.3 is 0 Å². The summed E-state index contributed by atoms with van der Waals surface area (Å²) in [6, 6.07) is 11.1. The molecular weight excluding hydrogens is 274 g/mol. The number of sulfonamides is 1. The van der Waals surface area contributed by atoms with Crippen LogP contribution >= 0.6 is 0 Å². The van der Waals surface area contributed by atoms with Gasteiger partial charge in [-0.1, -0.05) is 30.3 Å². The Morgan fingerprint density at radius 1 is 1.15 bits per heavy atom. The molecule has 1 aromatic heterocycles. The number of hydrogen-bond donors (Lipinski definition) is 2. The second-order valence-corrected chi connectivity index (χ2v) is 6.45. The first kappa shape index (κ1) is 14.8. The lowest BCUT2D eigenvalue weighted by Crippen LogP contribution is -2.32. The Morgan fingerprint density at radius 3 is 2.50 bits per heavy atom. The molecule has 0 aliphatic heterocycles. The summed E-state index contributed by atoms with van der Waals surface area (Å²) in [6.45, 7) is 1.24. The van der Waals surface area contributed by atoms with Crippen molar-refractivity contribution >= 4 is 10.0 Å². The van der Waals surface area contributed by atoms with Crippen LogP contribution in [0, 0.1) is 0 Å². The topological polar surface area (TPSA) is 79.2 Å². The molecular formula is C14H19N3O2S. The zero-order chi connectivity index (χ0) is 14.4. The molecule has 2 aromatic rings. The number of H-pyrrole nitrogens is 1. The van der Waals surface area contributed by atoms with Gasteiger partial charge in [-0.15, -0.1) is 0 Å². The van der Waals surface area contributed by atoms with Crippen LogP contribution < -0.4 is 5.73 Å². The Kier molecular flexibility index (Phi) is 4.94.